The fourth-order valence-corrected chi connectivity index (χ4v) is 2.37. The first-order valence-corrected chi connectivity index (χ1v) is 7.79. The fraction of sp³-hybridized carbons (Fsp3) is 0.600. The zero-order chi connectivity index (χ0) is 14.8. The van der Waals surface area contributed by atoms with Gasteiger partial charge in [0.25, 0.3) is 0 Å². The highest BCUT2D eigenvalue weighted by molar-refractivity contribution is 9.10. The molecular weight excluding hydrogens is 322 g/mol. The summed E-state index contributed by atoms with van der Waals surface area (Å²) < 4.78 is 17.4. The van der Waals surface area contributed by atoms with Gasteiger partial charge in [0.05, 0.1) is 18.2 Å². The Bertz CT molecular complexity index is 399. The highest BCUT2D eigenvalue weighted by Gasteiger charge is 2.11. The quantitative estimate of drug-likeness (QED) is 0.660. The van der Waals surface area contributed by atoms with E-state index in [4.69, 9.17) is 14.2 Å². The molecule has 0 saturated heterocycles. The lowest BCUT2D eigenvalue weighted by Gasteiger charge is -2.14. The molecule has 0 aliphatic heterocycles. The van der Waals surface area contributed by atoms with Crippen LogP contribution in [0.15, 0.2) is 16.6 Å². The summed E-state index contributed by atoms with van der Waals surface area (Å²) in [5.74, 6) is 1.51. The summed E-state index contributed by atoms with van der Waals surface area (Å²) in [5.41, 5.74) is 1.16. The van der Waals surface area contributed by atoms with Gasteiger partial charge in [0, 0.05) is 26.2 Å². The Morgan fingerprint density at radius 1 is 1.20 bits per heavy atom. The average Bonchev–Trinajstić information content (AvgIpc) is 2.46. The van der Waals surface area contributed by atoms with Gasteiger partial charge in [-0.25, -0.2) is 0 Å². The molecule has 0 saturated carbocycles. The van der Waals surface area contributed by atoms with Gasteiger partial charge < -0.3 is 19.5 Å². The molecule has 0 atom stereocenters. The van der Waals surface area contributed by atoms with Gasteiger partial charge >= 0.3 is 0 Å². The Labute approximate surface area is 129 Å². The van der Waals surface area contributed by atoms with Gasteiger partial charge in [0.1, 0.15) is 0 Å². The number of hydrogen-bond acceptors (Lipinski definition) is 4. The normalized spacial score (nSPS) is 10.6. The van der Waals surface area contributed by atoms with E-state index >= 15 is 0 Å². The van der Waals surface area contributed by atoms with Crippen molar-refractivity contribution in [1.82, 2.24) is 5.32 Å². The Balaban J connectivity index is 2.64. The maximum atomic E-state index is 5.79. The third kappa shape index (κ3) is 5.69. The Morgan fingerprint density at radius 3 is 2.65 bits per heavy atom. The van der Waals surface area contributed by atoms with Crippen LogP contribution in [-0.2, 0) is 11.3 Å². The van der Waals surface area contributed by atoms with Crippen LogP contribution >= 0.6 is 15.9 Å². The van der Waals surface area contributed by atoms with Gasteiger partial charge in [-0.1, -0.05) is 6.92 Å². The molecule has 1 aromatic carbocycles. The van der Waals surface area contributed by atoms with Crippen molar-refractivity contribution >= 4 is 15.9 Å². The molecule has 0 spiro atoms. The lowest BCUT2D eigenvalue weighted by molar-refractivity contribution is 0.130. The molecule has 0 unspecified atom stereocenters. The van der Waals surface area contributed by atoms with Gasteiger partial charge in [0.2, 0.25) is 0 Å². The lowest BCUT2D eigenvalue weighted by Crippen LogP contribution is -2.12. The number of methoxy groups -OCH3 is 1. The summed E-state index contributed by atoms with van der Waals surface area (Å²) >= 11 is 3.55. The van der Waals surface area contributed by atoms with E-state index in [-0.39, 0.29) is 0 Å². The van der Waals surface area contributed by atoms with Gasteiger partial charge in [-0.15, -0.1) is 0 Å². The van der Waals surface area contributed by atoms with Gasteiger partial charge in [-0.3, -0.25) is 0 Å². The SMILES string of the molecule is CCNCc1cc(Br)c(OCCCOCC)c(OC)c1. The molecule has 0 aliphatic carbocycles. The van der Waals surface area contributed by atoms with Crippen molar-refractivity contribution in [3.63, 3.8) is 0 Å². The second-order valence-corrected chi connectivity index (χ2v) is 5.14. The average molecular weight is 346 g/mol. The number of ether oxygens (including phenoxy) is 3. The largest absolute Gasteiger partial charge is 0.493 e. The molecular formula is C15H24BrNO3. The van der Waals surface area contributed by atoms with Crippen molar-refractivity contribution in [1.29, 1.82) is 0 Å². The maximum Gasteiger partial charge on any atom is 0.175 e. The Morgan fingerprint density at radius 2 is 2.00 bits per heavy atom. The first kappa shape index (κ1) is 17.3. The second-order valence-electron chi connectivity index (χ2n) is 4.29. The topological polar surface area (TPSA) is 39.7 Å². The smallest absolute Gasteiger partial charge is 0.175 e. The van der Waals surface area contributed by atoms with Crippen molar-refractivity contribution in [2.45, 2.75) is 26.8 Å². The third-order valence-corrected chi connectivity index (χ3v) is 3.34. The van der Waals surface area contributed by atoms with Crippen molar-refractivity contribution in [2.75, 3.05) is 33.5 Å². The molecule has 0 fully saturated rings. The monoisotopic (exact) mass is 345 g/mol. The summed E-state index contributed by atoms with van der Waals surface area (Å²) in [4.78, 5) is 0. The summed E-state index contributed by atoms with van der Waals surface area (Å²) in [5, 5.41) is 3.30. The minimum absolute atomic E-state index is 0.613. The highest BCUT2D eigenvalue weighted by Crippen LogP contribution is 2.36. The molecule has 1 N–H and O–H groups in total. The zero-order valence-electron chi connectivity index (χ0n) is 12.5. The molecule has 0 aromatic heterocycles. The van der Waals surface area contributed by atoms with Gasteiger partial charge in [-0.2, -0.15) is 0 Å². The Kier molecular flexibility index (Phi) is 8.65. The number of nitrogens with one attached hydrogen (secondary N) is 1. The molecule has 0 amide bonds. The standard InChI is InChI=1S/C15H24BrNO3/c1-4-17-11-12-9-13(16)15(14(10-12)18-3)20-8-6-7-19-5-2/h9-10,17H,4-8,11H2,1-3H3. The third-order valence-electron chi connectivity index (χ3n) is 2.75. The van der Waals surface area contributed by atoms with E-state index < -0.39 is 0 Å². The second kappa shape index (κ2) is 10.0. The first-order chi connectivity index (χ1) is 9.72. The van der Waals surface area contributed by atoms with Crippen LogP contribution in [0.4, 0.5) is 0 Å². The van der Waals surface area contributed by atoms with Crippen LogP contribution in [-0.4, -0.2) is 33.5 Å². The van der Waals surface area contributed by atoms with Crippen LogP contribution in [0.5, 0.6) is 11.5 Å². The van der Waals surface area contributed by atoms with Crippen LogP contribution in [0.2, 0.25) is 0 Å². The minimum Gasteiger partial charge on any atom is -0.493 e. The van der Waals surface area contributed by atoms with Crippen LogP contribution < -0.4 is 14.8 Å². The molecule has 114 valence electrons. The molecule has 1 aromatic rings. The number of hydrogen-bond donors (Lipinski definition) is 1. The number of halogens is 1. The molecule has 0 aliphatic rings. The lowest BCUT2D eigenvalue weighted by atomic mass is 10.2. The van der Waals surface area contributed by atoms with E-state index in [2.05, 4.69) is 34.2 Å². The summed E-state index contributed by atoms with van der Waals surface area (Å²) in [6.07, 6.45) is 0.864. The van der Waals surface area contributed by atoms with Crippen LogP contribution in [0.1, 0.15) is 25.8 Å². The summed E-state index contributed by atoms with van der Waals surface area (Å²) in [6, 6.07) is 4.06. The minimum atomic E-state index is 0.613. The van der Waals surface area contributed by atoms with E-state index in [0.29, 0.717) is 6.61 Å². The van der Waals surface area contributed by atoms with Crippen molar-refractivity contribution in [3.8, 4) is 11.5 Å². The van der Waals surface area contributed by atoms with Crippen LogP contribution in [0.3, 0.4) is 0 Å². The van der Waals surface area contributed by atoms with E-state index in [0.717, 1.165) is 54.3 Å². The molecule has 0 bridgehead atoms. The van der Waals surface area contributed by atoms with E-state index in [1.54, 1.807) is 7.11 Å². The van der Waals surface area contributed by atoms with Gasteiger partial charge in [0.15, 0.2) is 11.5 Å². The Hall–Kier alpha value is -0.780. The fourth-order valence-electron chi connectivity index (χ4n) is 1.76. The predicted octanol–water partition coefficient (Wildman–Crippen LogP) is 3.37. The van der Waals surface area contributed by atoms with E-state index in [1.807, 2.05) is 13.0 Å². The molecule has 0 radical (unpaired) electrons. The van der Waals surface area contributed by atoms with E-state index in [1.165, 1.54) is 0 Å². The number of rotatable bonds is 10. The first-order valence-electron chi connectivity index (χ1n) is 7.00. The maximum absolute atomic E-state index is 5.79. The molecule has 0 heterocycles. The van der Waals surface area contributed by atoms with Crippen molar-refractivity contribution in [2.24, 2.45) is 0 Å². The molecule has 5 heteroatoms. The molecule has 1 rings (SSSR count). The molecule has 4 nitrogen and oxygen atoms in total. The summed E-state index contributed by atoms with van der Waals surface area (Å²) in [7, 11) is 1.66. The van der Waals surface area contributed by atoms with Crippen molar-refractivity contribution in [3.05, 3.63) is 22.2 Å². The summed E-state index contributed by atoms with van der Waals surface area (Å²) in [6.45, 7) is 7.90. The van der Waals surface area contributed by atoms with Gasteiger partial charge in [-0.05, 0) is 47.1 Å². The highest BCUT2D eigenvalue weighted by atomic mass is 79.9. The number of benzene rings is 1. The zero-order valence-corrected chi connectivity index (χ0v) is 14.1. The predicted molar refractivity (Wildman–Crippen MR) is 84.7 cm³/mol. The van der Waals surface area contributed by atoms with E-state index in [9.17, 15) is 0 Å². The van der Waals surface area contributed by atoms with Crippen LogP contribution in [0.25, 0.3) is 0 Å². The molecule has 20 heavy (non-hydrogen) atoms. The van der Waals surface area contributed by atoms with Crippen LogP contribution in [0, 0.1) is 0 Å². The van der Waals surface area contributed by atoms with Crippen molar-refractivity contribution < 1.29 is 14.2 Å².